The minimum Gasteiger partial charge on any atom is -0.495 e. The first-order valence-corrected chi connectivity index (χ1v) is 16.6. The summed E-state index contributed by atoms with van der Waals surface area (Å²) in [4.78, 5) is 0. The smallest absolute Gasteiger partial charge is 0.156 e. The van der Waals surface area contributed by atoms with E-state index in [2.05, 4.69) is 127 Å². The Morgan fingerprint density at radius 3 is 1.16 bits per heavy atom. The average Bonchev–Trinajstić information content (AvgIpc) is 2.83. The van der Waals surface area contributed by atoms with Gasteiger partial charge >= 0.3 is 0 Å². The fraction of sp³-hybridized carbons (Fsp3) is 0.0769. The zero-order chi connectivity index (χ0) is 27.0. The molecule has 4 aromatic carbocycles. The highest BCUT2D eigenvalue weighted by Gasteiger charge is 2.23. The van der Waals surface area contributed by atoms with Crippen LogP contribution in [0.5, 0.6) is 23.0 Å². The second-order valence-electron chi connectivity index (χ2n) is 7.52. The number of rotatable bonds is 6. The number of methoxy groups -OCH3 is 2. The number of halogens is 8. The van der Waals surface area contributed by atoms with Crippen molar-refractivity contribution in [3.8, 4) is 45.3 Å². The molecule has 0 aromatic heterocycles. The summed E-state index contributed by atoms with van der Waals surface area (Å²) in [5, 5.41) is 0. The Morgan fingerprint density at radius 2 is 0.811 bits per heavy atom. The van der Waals surface area contributed by atoms with Crippen molar-refractivity contribution in [1.29, 1.82) is 0 Å². The lowest BCUT2D eigenvalue weighted by Crippen LogP contribution is -1.96. The molecule has 0 atom stereocenters. The van der Waals surface area contributed by atoms with Gasteiger partial charge in [-0.1, -0.05) is 44.0 Å². The summed E-state index contributed by atoms with van der Waals surface area (Å²) in [5.74, 6) is 2.65. The van der Waals surface area contributed by atoms with Crippen molar-refractivity contribution in [2.75, 3.05) is 14.2 Å². The molecule has 0 fully saturated rings. The zero-order valence-corrected chi connectivity index (χ0v) is 31.6. The normalized spacial score (nSPS) is 11.0. The number of ether oxygens (including phenoxy) is 3. The Bertz CT molecular complexity index is 1410. The third-order valence-electron chi connectivity index (χ3n) is 5.31. The van der Waals surface area contributed by atoms with Crippen LogP contribution >= 0.6 is 127 Å². The van der Waals surface area contributed by atoms with Crippen molar-refractivity contribution in [3.05, 3.63) is 84.3 Å². The fourth-order valence-corrected chi connectivity index (χ4v) is 9.12. The van der Waals surface area contributed by atoms with Crippen molar-refractivity contribution < 1.29 is 14.2 Å². The van der Waals surface area contributed by atoms with Gasteiger partial charge in [-0.3, -0.25) is 0 Å². The summed E-state index contributed by atoms with van der Waals surface area (Å²) < 4.78 is 24.6. The van der Waals surface area contributed by atoms with E-state index >= 15 is 0 Å². The monoisotopic (exact) mass is 1010 g/mol. The van der Waals surface area contributed by atoms with E-state index in [1.54, 1.807) is 14.2 Å². The van der Waals surface area contributed by atoms with Crippen molar-refractivity contribution >= 4 is 127 Å². The molecule has 0 saturated carbocycles. The van der Waals surface area contributed by atoms with Gasteiger partial charge in [0, 0.05) is 31.2 Å². The third kappa shape index (κ3) is 6.24. The van der Waals surface area contributed by atoms with Crippen molar-refractivity contribution in [2.45, 2.75) is 0 Å². The Balaban J connectivity index is 1.88. The van der Waals surface area contributed by atoms with Crippen LogP contribution in [0.4, 0.5) is 0 Å². The largest absolute Gasteiger partial charge is 0.495 e. The van der Waals surface area contributed by atoms with Crippen molar-refractivity contribution in [3.63, 3.8) is 0 Å². The molecule has 11 heteroatoms. The summed E-state index contributed by atoms with van der Waals surface area (Å²) in [7, 11) is 3.30. The molecular formula is C26H14Br8O3. The van der Waals surface area contributed by atoms with Crippen LogP contribution in [0.15, 0.2) is 84.3 Å². The van der Waals surface area contributed by atoms with Crippen LogP contribution in [0.2, 0.25) is 0 Å². The molecule has 4 aromatic rings. The third-order valence-corrected chi connectivity index (χ3v) is 10.2. The van der Waals surface area contributed by atoms with Crippen molar-refractivity contribution in [2.24, 2.45) is 0 Å². The van der Waals surface area contributed by atoms with Gasteiger partial charge in [-0.25, -0.2) is 0 Å². The summed E-state index contributed by atoms with van der Waals surface area (Å²) >= 11 is 29.3. The molecule has 0 aliphatic heterocycles. The highest BCUT2D eigenvalue weighted by atomic mass is 79.9. The molecule has 3 nitrogen and oxygen atoms in total. The predicted octanol–water partition coefficient (Wildman–Crippen LogP) is 12.9. The Labute approximate surface area is 282 Å². The second kappa shape index (κ2) is 12.7. The van der Waals surface area contributed by atoms with Crippen LogP contribution in [0.25, 0.3) is 22.3 Å². The van der Waals surface area contributed by atoms with Crippen molar-refractivity contribution in [1.82, 2.24) is 0 Å². The maximum atomic E-state index is 6.58. The van der Waals surface area contributed by atoms with Gasteiger partial charge in [0.1, 0.15) is 11.5 Å². The van der Waals surface area contributed by atoms with Crippen LogP contribution in [-0.2, 0) is 0 Å². The van der Waals surface area contributed by atoms with Crippen LogP contribution in [-0.4, -0.2) is 14.2 Å². The topological polar surface area (TPSA) is 27.7 Å². The Kier molecular flexibility index (Phi) is 10.4. The molecular weight excluding hydrogens is 1000 g/mol. The molecule has 37 heavy (non-hydrogen) atoms. The molecule has 0 N–H and O–H groups in total. The van der Waals surface area contributed by atoms with E-state index in [4.69, 9.17) is 14.2 Å². The lowest BCUT2D eigenvalue weighted by atomic mass is 10.0. The quantitative estimate of drug-likeness (QED) is 0.193. The highest BCUT2D eigenvalue weighted by molar-refractivity contribution is 9.12. The highest BCUT2D eigenvalue weighted by Crippen LogP contribution is 2.51. The number of hydrogen-bond acceptors (Lipinski definition) is 3. The molecule has 0 saturated heterocycles. The Morgan fingerprint density at radius 1 is 0.432 bits per heavy atom. The summed E-state index contributed by atoms with van der Waals surface area (Å²) in [6.45, 7) is 0. The van der Waals surface area contributed by atoms with Gasteiger partial charge in [0.2, 0.25) is 0 Å². The van der Waals surface area contributed by atoms with Gasteiger partial charge in [0.05, 0.1) is 41.1 Å². The first-order valence-electron chi connectivity index (χ1n) is 10.3. The average molecular weight is 1010 g/mol. The minimum atomic E-state index is 0.608. The first-order chi connectivity index (χ1) is 17.6. The van der Waals surface area contributed by atoms with Crippen LogP contribution in [0.1, 0.15) is 0 Å². The minimum absolute atomic E-state index is 0.608. The van der Waals surface area contributed by atoms with E-state index in [-0.39, 0.29) is 0 Å². The van der Waals surface area contributed by atoms with E-state index < -0.39 is 0 Å². The molecule has 0 amide bonds. The summed E-state index contributed by atoms with van der Waals surface area (Å²) in [5.41, 5.74) is 3.59. The van der Waals surface area contributed by atoms with E-state index in [0.717, 1.165) is 58.0 Å². The Hall–Kier alpha value is 0.120. The first kappa shape index (κ1) is 30.1. The molecule has 192 valence electrons. The lowest BCUT2D eigenvalue weighted by molar-refractivity contribution is 0.413. The van der Waals surface area contributed by atoms with E-state index in [1.165, 1.54) is 0 Å². The summed E-state index contributed by atoms with van der Waals surface area (Å²) in [6, 6.07) is 15.8. The SMILES string of the molecule is COc1c(Br)cc(Br)cc1-c1ccc(Br)c(Oc2c(Br)ccc(-c3cc(Br)cc(Br)c3OC)c2Br)c1Br. The van der Waals surface area contributed by atoms with E-state index in [9.17, 15) is 0 Å². The number of benzene rings is 4. The van der Waals surface area contributed by atoms with Gasteiger partial charge in [-0.05, 0) is 132 Å². The molecule has 0 aliphatic rings. The lowest BCUT2D eigenvalue weighted by Gasteiger charge is -2.19. The molecule has 4 rings (SSSR count). The van der Waals surface area contributed by atoms with Gasteiger partial charge in [0.15, 0.2) is 11.5 Å². The fourth-order valence-electron chi connectivity index (χ4n) is 3.71. The van der Waals surface area contributed by atoms with E-state index in [0.29, 0.717) is 23.0 Å². The maximum absolute atomic E-state index is 6.58. The van der Waals surface area contributed by atoms with Gasteiger partial charge in [0.25, 0.3) is 0 Å². The van der Waals surface area contributed by atoms with Gasteiger partial charge in [-0.15, -0.1) is 0 Å². The molecule has 0 bridgehead atoms. The second-order valence-corrected chi connectivity index (χ2v) is 14.3. The molecule has 0 spiro atoms. The zero-order valence-electron chi connectivity index (χ0n) is 18.9. The van der Waals surface area contributed by atoms with E-state index in [1.807, 2.05) is 48.5 Å². The van der Waals surface area contributed by atoms with Gasteiger partial charge < -0.3 is 14.2 Å². The molecule has 0 unspecified atom stereocenters. The van der Waals surface area contributed by atoms with Crippen LogP contribution < -0.4 is 14.2 Å². The predicted molar refractivity (Wildman–Crippen MR) is 179 cm³/mol. The molecule has 0 aliphatic carbocycles. The maximum Gasteiger partial charge on any atom is 0.156 e. The standard InChI is InChI=1S/C26H14Br8O3/c1-35-23-15(7-11(27)9-19(23)31)13-3-5-17(29)25(21(13)33)37-26-18(30)6-4-14(22(26)34)16-8-12(28)10-20(32)24(16)36-2/h3-10H,1-2H3. The van der Waals surface area contributed by atoms with Crippen LogP contribution in [0.3, 0.4) is 0 Å². The van der Waals surface area contributed by atoms with Crippen LogP contribution in [0, 0.1) is 0 Å². The molecule has 0 heterocycles. The van der Waals surface area contributed by atoms with Gasteiger partial charge in [-0.2, -0.15) is 0 Å². The summed E-state index contributed by atoms with van der Waals surface area (Å²) in [6.07, 6.45) is 0. The molecule has 0 radical (unpaired) electrons. The number of hydrogen-bond donors (Lipinski definition) is 0.